The zero-order chi connectivity index (χ0) is 37.0. The van der Waals surface area contributed by atoms with Crippen molar-refractivity contribution in [3.05, 3.63) is 205 Å². The summed E-state index contributed by atoms with van der Waals surface area (Å²) >= 11 is 0. The van der Waals surface area contributed by atoms with Gasteiger partial charge in [0.25, 0.3) is 0 Å². The Bertz CT molecular complexity index is 2870. The lowest BCUT2D eigenvalue weighted by Crippen LogP contribution is -2.27. The highest BCUT2D eigenvalue weighted by atomic mass is 15.1. The highest BCUT2D eigenvalue weighted by molar-refractivity contribution is 6.29. The third-order valence-electron chi connectivity index (χ3n) is 11.4. The molecule has 0 amide bonds. The fourth-order valence-corrected chi connectivity index (χ4v) is 9.00. The minimum Gasteiger partial charge on any atom is -0.405 e. The number of hydrogen-bond acceptors (Lipinski definition) is 1. The van der Waals surface area contributed by atoms with Crippen molar-refractivity contribution in [1.82, 2.24) is 4.58 Å². The molecule has 260 valence electrons. The van der Waals surface area contributed by atoms with Crippen LogP contribution in [0.3, 0.4) is 0 Å². The van der Waals surface area contributed by atoms with E-state index in [1.165, 1.54) is 99.7 Å². The molecule has 0 saturated heterocycles. The van der Waals surface area contributed by atoms with Gasteiger partial charge in [0.15, 0.2) is 0 Å². The molecular weight excluding hydrogens is 665 g/mol. The van der Waals surface area contributed by atoms with Crippen molar-refractivity contribution in [3.8, 4) is 55.6 Å². The van der Waals surface area contributed by atoms with Gasteiger partial charge < -0.3 is 5.73 Å². The first kappa shape index (κ1) is 32.6. The van der Waals surface area contributed by atoms with Crippen LogP contribution in [0, 0.1) is 0 Å². The van der Waals surface area contributed by atoms with Crippen LogP contribution in [-0.4, -0.2) is 5.71 Å². The zero-order valence-electron chi connectivity index (χ0n) is 30.9. The van der Waals surface area contributed by atoms with E-state index in [2.05, 4.69) is 187 Å². The van der Waals surface area contributed by atoms with Gasteiger partial charge in [0.05, 0.1) is 0 Å². The summed E-state index contributed by atoms with van der Waals surface area (Å²) in [4.78, 5) is 0. The molecule has 2 N–H and O–H groups in total. The second-order valence-corrected chi connectivity index (χ2v) is 14.4. The first-order valence-electron chi connectivity index (χ1n) is 19.0. The molecule has 0 radical (unpaired) electrons. The molecule has 10 rings (SSSR count). The van der Waals surface area contributed by atoms with E-state index >= 15 is 0 Å². The molecule has 0 spiro atoms. The molecule has 0 bridgehead atoms. The fourth-order valence-electron chi connectivity index (χ4n) is 9.00. The summed E-state index contributed by atoms with van der Waals surface area (Å²) in [5, 5.41) is 5.15. The number of nitrogens with two attached hydrogens (primary N) is 1. The second kappa shape index (κ2) is 13.1. The second-order valence-electron chi connectivity index (χ2n) is 14.4. The van der Waals surface area contributed by atoms with Crippen LogP contribution in [0.25, 0.3) is 77.2 Å². The Balaban J connectivity index is 1.16. The molecule has 0 unspecified atom stereocenters. The zero-order valence-corrected chi connectivity index (χ0v) is 30.9. The number of rotatable bonds is 7. The average Bonchev–Trinajstić information content (AvgIpc) is 3.56. The summed E-state index contributed by atoms with van der Waals surface area (Å²) in [7, 11) is 0. The summed E-state index contributed by atoms with van der Waals surface area (Å²) in [6, 6.07) is 60.1. The van der Waals surface area contributed by atoms with Crippen molar-refractivity contribution in [1.29, 1.82) is 0 Å². The number of nitrogens with zero attached hydrogens (tertiary/aromatic N) is 1. The molecule has 0 fully saturated rings. The predicted molar refractivity (Wildman–Crippen MR) is 235 cm³/mol. The smallest absolute Gasteiger partial charge is 0.226 e. The molecular formula is C53H39N2+. The van der Waals surface area contributed by atoms with Gasteiger partial charge >= 0.3 is 0 Å². The lowest BCUT2D eigenvalue weighted by atomic mass is 9.82. The number of hydrogen-bond donors (Lipinski definition) is 1. The Hall–Kier alpha value is -7.03. The first-order valence-corrected chi connectivity index (χ1v) is 19.0. The SMILES string of the molecule is C/C=C(/C=C\N)C(\C)=C/C1=[N+](c2ccc(-c3ccc4c5c(cccc35)-c3c-4c(-c4ccccc4)c4ccccc4c3-c3ccccc3)cc2)c2ccccc21. The number of allylic oxidation sites excluding steroid dienone is 5. The lowest BCUT2D eigenvalue weighted by molar-refractivity contribution is 1.03. The first-order chi connectivity index (χ1) is 27.2. The maximum atomic E-state index is 5.77. The standard InChI is InChI=1S/C53H39N2/c1-3-35(31-32-54)34(2)33-48-44-21-12-13-24-47(44)55(48)39-27-25-36(26-28-39)40-29-30-46-51-41(40)22-14-23-45(51)52-49(37-15-6-4-7-16-37)42-19-10-11-20-43(42)50(53(46)52)38-17-8-5-9-18-38/h3-33H,54H2,1-2H3/q+1/b32-31-,34-33-,35-3-. The van der Waals surface area contributed by atoms with E-state index < -0.39 is 0 Å². The van der Waals surface area contributed by atoms with Crippen LogP contribution in [-0.2, 0) is 0 Å². The Kier molecular flexibility index (Phi) is 7.78. The number of fused-ring (bicyclic) bond motifs is 5. The minimum absolute atomic E-state index is 1.11. The molecule has 1 aliphatic carbocycles. The fraction of sp³-hybridized carbons (Fsp3) is 0.0377. The van der Waals surface area contributed by atoms with Crippen LogP contribution in [0.1, 0.15) is 19.4 Å². The van der Waals surface area contributed by atoms with Crippen molar-refractivity contribution in [2.45, 2.75) is 13.8 Å². The van der Waals surface area contributed by atoms with Crippen LogP contribution >= 0.6 is 0 Å². The van der Waals surface area contributed by atoms with Crippen molar-refractivity contribution in [3.63, 3.8) is 0 Å². The summed E-state index contributed by atoms with van der Waals surface area (Å²) in [5.41, 5.74) is 25.6. The third kappa shape index (κ3) is 5.06. The van der Waals surface area contributed by atoms with Crippen molar-refractivity contribution < 1.29 is 0 Å². The quantitative estimate of drug-likeness (QED) is 0.130. The van der Waals surface area contributed by atoms with E-state index in [9.17, 15) is 0 Å². The van der Waals surface area contributed by atoms with Gasteiger partial charge in [0, 0.05) is 24.3 Å². The molecule has 8 aromatic rings. The normalized spacial score (nSPS) is 13.4. The summed E-state index contributed by atoms with van der Waals surface area (Å²) in [6.07, 6.45) is 7.93. The topological polar surface area (TPSA) is 29.0 Å². The van der Waals surface area contributed by atoms with Gasteiger partial charge in [-0.3, -0.25) is 0 Å². The van der Waals surface area contributed by atoms with Crippen molar-refractivity contribution in [2.75, 3.05) is 0 Å². The van der Waals surface area contributed by atoms with Crippen molar-refractivity contribution >= 4 is 38.6 Å². The Labute approximate surface area is 322 Å². The lowest BCUT2D eigenvalue weighted by Gasteiger charge is -2.20. The molecule has 0 atom stereocenters. The van der Waals surface area contributed by atoms with Crippen LogP contribution in [0.5, 0.6) is 0 Å². The highest BCUT2D eigenvalue weighted by Crippen LogP contribution is 2.58. The van der Waals surface area contributed by atoms with Crippen LogP contribution in [0.15, 0.2) is 199 Å². The van der Waals surface area contributed by atoms with Gasteiger partial charge in [0.1, 0.15) is 5.56 Å². The van der Waals surface area contributed by atoms with E-state index in [1.54, 1.807) is 6.20 Å². The molecule has 2 aliphatic rings. The van der Waals surface area contributed by atoms with E-state index in [0.29, 0.717) is 0 Å². The Morgan fingerprint density at radius 3 is 1.67 bits per heavy atom. The molecule has 0 saturated carbocycles. The summed E-state index contributed by atoms with van der Waals surface area (Å²) in [5.74, 6) is 0. The molecule has 1 aliphatic heterocycles. The van der Waals surface area contributed by atoms with Gasteiger partial charge in [-0.05, 0) is 133 Å². The molecule has 8 aromatic carbocycles. The summed E-state index contributed by atoms with van der Waals surface area (Å²) < 4.78 is 2.35. The molecule has 2 heteroatoms. The van der Waals surface area contributed by atoms with Crippen LogP contribution in [0.2, 0.25) is 0 Å². The monoisotopic (exact) mass is 703 g/mol. The van der Waals surface area contributed by atoms with Crippen LogP contribution in [0.4, 0.5) is 11.4 Å². The van der Waals surface area contributed by atoms with Gasteiger partial charge in [0.2, 0.25) is 17.1 Å². The number of para-hydroxylation sites is 1. The molecule has 0 aromatic heterocycles. The molecule has 1 heterocycles. The van der Waals surface area contributed by atoms with Gasteiger partial charge in [-0.15, -0.1) is 0 Å². The van der Waals surface area contributed by atoms with Crippen LogP contribution < -0.4 is 10.3 Å². The van der Waals surface area contributed by atoms with Gasteiger partial charge in [-0.2, -0.15) is 4.58 Å². The Morgan fingerprint density at radius 2 is 1.04 bits per heavy atom. The highest BCUT2D eigenvalue weighted by Gasteiger charge is 2.36. The van der Waals surface area contributed by atoms with Gasteiger partial charge in [-0.25, -0.2) is 0 Å². The van der Waals surface area contributed by atoms with E-state index in [-0.39, 0.29) is 0 Å². The predicted octanol–water partition coefficient (Wildman–Crippen LogP) is 13.6. The van der Waals surface area contributed by atoms with E-state index in [4.69, 9.17) is 5.73 Å². The van der Waals surface area contributed by atoms with Crippen molar-refractivity contribution in [2.24, 2.45) is 5.73 Å². The van der Waals surface area contributed by atoms with Gasteiger partial charge in [-0.1, -0.05) is 133 Å². The molecule has 55 heavy (non-hydrogen) atoms. The molecule has 2 nitrogen and oxygen atoms in total. The minimum atomic E-state index is 1.11. The largest absolute Gasteiger partial charge is 0.405 e. The maximum absolute atomic E-state index is 5.77. The van der Waals surface area contributed by atoms with E-state index in [0.717, 1.165) is 11.3 Å². The Morgan fingerprint density at radius 1 is 0.491 bits per heavy atom. The third-order valence-corrected chi connectivity index (χ3v) is 11.4. The summed E-state index contributed by atoms with van der Waals surface area (Å²) in [6.45, 7) is 4.20. The maximum Gasteiger partial charge on any atom is 0.226 e. The average molecular weight is 704 g/mol. The van der Waals surface area contributed by atoms with E-state index in [1.807, 2.05) is 13.0 Å². The number of benzene rings is 8.